The van der Waals surface area contributed by atoms with Crippen LogP contribution in [0.3, 0.4) is 0 Å². The maximum absolute atomic E-state index is 12.7. The summed E-state index contributed by atoms with van der Waals surface area (Å²) in [6, 6.07) is 8.31. The summed E-state index contributed by atoms with van der Waals surface area (Å²) in [5.41, 5.74) is 3.18. The van der Waals surface area contributed by atoms with Gasteiger partial charge in [0.2, 0.25) is 11.8 Å². The molecule has 0 aliphatic heterocycles. The van der Waals surface area contributed by atoms with Gasteiger partial charge < -0.3 is 10.6 Å². The molecule has 4 rings (SSSR count). The molecule has 2 aliphatic rings. The van der Waals surface area contributed by atoms with E-state index in [1.165, 1.54) is 22.5 Å². The predicted molar refractivity (Wildman–Crippen MR) is 103 cm³/mol. The SMILES string of the molecule is CCC(=O)Nc1nc2c(s1)C(=O)CC(C(=O)NC1Cc3ccccc3C1)C2. The van der Waals surface area contributed by atoms with E-state index in [2.05, 4.69) is 27.8 Å². The van der Waals surface area contributed by atoms with Crippen molar-refractivity contribution < 1.29 is 14.4 Å². The molecule has 2 amide bonds. The molecule has 0 saturated heterocycles. The summed E-state index contributed by atoms with van der Waals surface area (Å²) in [6.45, 7) is 1.76. The highest BCUT2D eigenvalue weighted by atomic mass is 32.1. The lowest BCUT2D eigenvalue weighted by Crippen LogP contribution is -2.41. The van der Waals surface area contributed by atoms with Crippen molar-refractivity contribution in [3.63, 3.8) is 0 Å². The van der Waals surface area contributed by atoms with Gasteiger partial charge in [-0.25, -0.2) is 4.98 Å². The fourth-order valence-electron chi connectivity index (χ4n) is 3.76. The van der Waals surface area contributed by atoms with Crippen molar-refractivity contribution in [1.82, 2.24) is 10.3 Å². The largest absolute Gasteiger partial charge is 0.352 e. The highest BCUT2D eigenvalue weighted by molar-refractivity contribution is 7.17. The van der Waals surface area contributed by atoms with Gasteiger partial charge in [-0.05, 0) is 24.0 Å². The number of anilines is 1. The molecule has 2 N–H and O–H groups in total. The number of thiazole rings is 1. The first-order valence-electron chi connectivity index (χ1n) is 9.23. The van der Waals surface area contributed by atoms with Crippen LogP contribution in [0.4, 0.5) is 5.13 Å². The number of carbonyl (C=O) groups excluding carboxylic acids is 3. The Morgan fingerprint density at radius 3 is 2.52 bits per heavy atom. The molecule has 7 heteroatoms. The number of Topliss-reactive ketones (excluding diaryl/α,β-unsaturated/α-hetero) is 1. The molecule has 6 nitrogen and oxygen atoms in total. The predicted octanol–water partition coefficient (Wildman–Crippen LogP) is 2.52. The summed E-state index contributed by atoms with van der Waals surface area (Å²) in [5.74, 6) is -0.686. The van der Waals surface area contributed by atoms with Crippen LogP contribution >= 0.6 is 11.3 Å². The zero-order chi connectivity index (χ0) is 19.0. The molecule has 0 radical (unpaired) electrons. The molecule has 1 aromatic heterocycles. The van der Waals surface area contributed by atoms with Gasteiger partial charge in [-0.3, -0.25) is 14.4 Å². The number of hydrogen-bond acceptors (Lipinski definition) is 5. The van der Waals surface area contributed by atoms with Gasteiger partial charge in [0.05, 0.1) is 16.5 Å². The monoisotopic (exact) mass is 383 g/mol. The van der Waals surface area contributed by atoms with Crippen LogP contribution in [0.25, 0.3) is 0 Å². The van der Waals surface area contributed by atoms with E-state index in [9.17, 15) is 14.4 Å². The zero-order valence-electron chi connectivity index (χ0n) is 15.1. The maximum atomic E-state index is 12.7. The molecule has 1 atom stereocenters. The van der Waals surface area contributed by atoms with Crippen LogP contribution in [-0.2, 0) is 28.9 Å². The lowest BCUT2D eigenvalue weighted by atomic mass is 9.89. The number of amides is 2. The molecule has 27 heavy (non-hydrogen) atoms. The van der Waals surface area contributed by atoms with Crippen molar-refractivity contribution in [3.05, 3.63) is 46.0 Å². The summed E-state index contributed by atoms with van der Waals surface area (Å²) in [4.78, 5) is 41.7. The molecule has 0 saturated carbocycles. The van der Waals surface area contributed by atoms with Crippen LogP contribution < -0.4 is 10.6 Å². The molecule has 2 aromatic rings. The Balaban J connectivity index is 1.42. The van der Waals surface area contributed by atoms with Gasteiger partial charge in [-0.2, -0.15) is 0 Å². The van der Waals surface area contributed by atoms with Crippen LogP contribution in [0.1, 0.15) is 46.3 Å². The second kappa shape index (κ2) is 7.23. The number of rotatable bonds is 4. The van der Waals surface area contributed by atoms with Gasteiger partial charge >= 0.3 is 0 Å². The van der Waals surface area contributed by atoms with Crippen molar-refractivity contribution >= 4 is 34.1 Å². The molecule has 0 spiro atoms. The third-order valence-corrected chi connectivity index (χ3v) is 6.21. The number of fused-ring (bicyclic) bond motifs is 2. The Morgan fingerprint density at radius 1 is 1.15 bits per heavy atom. The molecular formula is C20H21N3O3S. The minimum atomic E-state index is -0.398. The van der Waals surface area contributed by atoms with Gasteiger partial charge in [-0.15, -0.1) is 0 Å². The highest BCUT2D eigenvalue weighted by Crippen LogP contribution is 2.33. The van der Waals surface area contributed by atoms with E-state index < -0.39 is 5.92 Å². The first kappa shape index (κ1) is 17.9. The molecule has 1 aromatic carbocycles. The Kier molecular flexibility index (Phi) is 4.78. The lowest BCUT2D eigenvalue weighted by Gasteiger charge is -2.22. The Hall–Kier alpha value is -2.54. The van der Waals surface area contributed by atoms with E-state index in [0.717, 1.165) is 12.8 Å². The van der Waals surface area contributed by atoms with Crippen LogP contribution in [0.2, 0.25) is 0 Å². The summed E-state index contributed by atoms with van der Waals surface area (Å²) in [6.07, 6.45) is 2.65. The van der Waals surface area contributed by atoms with E-state index in [1.807, 2.05) is 12.1 Å². The standard InChI is InChI=1S/C20H21N3O3S/c1-2-17(25)23-20-22-15-9-13(10-16(24)18(15)27-20)19(26)21-14-7-11-5-3-4-6-12(11)8-14/h3-6,13-14H,2,7-10H2,1H3,(H,21,26)(H,22,23,25). The van der Waals surface area contributed by atoms with Crippen molar-refractivity contribution in [3.8, 4) is 0 Å². The molecule has 0 fully saturated rings. The minimum absolute atomic E-state index is 0.0689. The van der Waals surface area contributed by atoms with Crippen molar-refractivity contribution in [2.24, 2.45) is 5.92 Å². The number of nitrogens with one attached hydrogen (secondary N) is 2. The van der Waals surface area contributed by atoms with Crippen LogP contribution in [0.15, 0.2) is 24.3 Å². The molecule has 1 unspecified atom stereocenters. The fraction of sp³-hybridized carbons (Fsp3) is 0.400. The smallest absolute Gasteiger partial charge is 0.225 e. The number of hydrogen-bond donors (Lipinski definition) is 2. The van der Waals surface area contributed by atoms with E-state index in [1.54, 1.807) is 6.92 Å². The summed E-state index contributed by atoms with van der Waals surface area (Å²) >= 11 is 1.20. The second-order valence-electron chi connectivity index (χ2n) is 7.11. The number of nitrogens with zero attached hydrogens (tertiary/aromatic N) is 1. The summed E-state index contributed by atoms with van der Waals surface area (Å²) in [5, 5.41) is 6.25. The van der Waals surface area contributed by atoms with Crippen LogP contribution in [-0.4, -0.2) is 28.6 Å². The Labute approximate surface area is 161 Å². The third kappa shape index (κ3) is 3.64. The molecule has 2 aliphatic carbocycles. The first-order valence-corrected chi connectivity index (χ1v) is 10.0. The normalized spacial score (nSPS) is 18.7. The van der Waals surface area contributed by atoms with Crippen LogP contribution in [0, 0.1) is 5.92 Å². The molecule has 0 bridgehead atoms. The van der Waals surface area contributed by atoms with Gasteiger partial charge in [0, 0.05) is 25.3 Å². The number of benzene rings is 1. The van der Waals surface area contributed by atoms with Gasteiger partial charge in [0.25, 0.3) is 0 Å². The lowest BCUT2D eigenvalue weighted by molar-refractivity contribution is -0.125. The topological polar surface area (TPSA) is 88.2 Å². The Morgan fingerprint density at radius 2 is 1.85 bits per heavy atom. The quantitative estimate of drug-likeness (QED) is 0.849. The van der Waals surface area contributed by atoms with Gasteiger partial charge in [-0.1, -0.05) is 42.5 Å². The van der Waals surface area contributed by atoms with Crippen LogP contribution in [0.5, 0.6) is 0 Å². The Bertz CT molecular complexity index is 896. The zero-order valence-corrected chi connectivity index (χ0v) is 15.9. The number of aromatic nitrogens is 1. The van der Waals surface area contributed by atoms with E-state index in [4.69, 9.17) is 0 Å². The van der Waals surface area contributed by atoms with Crippen molar-refractivity contribution in [1.29, 1.82) is 0 Å². The summed E-state index contributed by atoms with van der Waals surface area (Å²) in [7, 11) is 0. The minimum Gasteiger partial charge on any atom is -0.352 e. The summed E-state index contributed by atoms with van der Waals surface area (Å²) < 4.78 is 0. The first-order chi connectivity index (χ1) is 13.0. The fourth-order valence-corrected chi connectivity index (χ4v) is 4.71. The number of ketones is 1. The van der Waals surface area contributed by atoms with Gasteiger partial charge in [0.15, 0.2) is 10.9 Å². The van der Waals surface area contributed by atoms with E-state index >= 15 is 0 Å². The highest BCUT2D eigenvalue weighted by Gasteiger charge is 2.34. The average molecular weight is 383 g/mol. The molecule has 140 valence electrons. The third-order valence-electron chi connectivity index (χ3n) is 5.16. The van der Waals surface area contributed by atoms with Gasteiger partial charge in [0.1, 0.15) is 0 Å². The van der Waals surface area contributed by atoms with E-state index in [-0.39, 0.29) is 30.1 Å². The van der Waals surface area contributed by atoms with Crippen molar-refractivity contribution in [2.45, 2.75) is 45.1 Å². The van der Waals surface area contributed by atoms with Crippen molar-refractivity contribution in [2.75, 3.05) is 5.32 Å². The molecular weight excluding hydrogens is 362 g/mol. The second-order valence-corrected chi connectivity index (χ2v) is 8.11. The maximum Gasteiger partial charge on any atom is 0.225 e. The van der Waals surface area contributed by atoms with E-state index in [0.29, 0.717) is 28.5 Å². The molecule has 1 heterocycles. The average Bonchev–Trinajstić information content (AvgIpc) is 3.24. The number of carbonyl (C=O) groups is 3.